The first-order valence-electron chi connectivity index (χ1n) is 7.75. The van der Waals surface area contributed by atoms with Crippen LogP contribution in [0.25, 0.3) is 0 Å². The lowest BCUT2D eigenvalue weighted by atomic mass is 9.84. The Kier molecular flexibility index (Phi) is 7.87. The average molecular weight is 256 g/mol. The first kappa shape index (κ1) is 15.9. The molecule has 108 valence electrons. The summed E-state index contributed by atoms with van der Waals surface area (Å²) in [5.74, 6) is 0.969. The number of hydrogen-bond donors (Lipinski definition) is 2. The summed E-state index contributed by atoms with van der Waals surface area (Å²) in [6.45, 7) is 6.79. The number of aliphatic hydroxyl groups excluding tert-OH is 1. The summed E-state index contributed by atoms with van der Waals surface area (Å²) in [4.78, 5) is 2.51. The van der Waals surface area contributed by atoms with Crippen LogP contribution in [0.4, 0.5) is 0 Å². The summed E-state index contributed by atoms with van der Waals surface area (Å²) in [5.41, 5.74) is 0. The van der Waals surface area contributed by atoms with E-state index >= 15 is 0 Å². The summed E-state index contributed by atoms with van der Waals surface area (Å²) < 4.78 is 0. The molecule has 1 aliphatic rings. The van der Waals surface area contributed by atoms with Crippen LogP contribution in [0.1, 0.15) is 52.4 Å². The molecule has 0 bridgehead atoms. The van der Waals surface area contributed by atoms with Crippen molar-refractivity contribution in [2.75, 3.05) is 26.7 Å². The summed E-state index contributed by atoms with van der Waals surface area (Å²) in [6.07, 6.45) is 7.72. The topological polar surface area (TPSA) is 35.5 Å². The van der Waals surface area contributed by atoms with Gasteiger partial charge in [-0.3, -0.25) is 0 Å². The van der Waals surface area contributed by atoms with Crippen LogP contribution < -0.4 is 5.32 Å². The van der Waals surface area contributed by atoms with Crippen LogP contribution in [0.2, 0.25) is 0 Å². The lowest BCUT2D eigenvalue weighted by Crippen LogP contribution is -2.45. The Morgan fingerprint density at radius 2 is 1.89 bits per heavy atom. The van der Waals surface area contributed by atoms with E-state index in [9.17, 15) is 0 Å². The van der Waals surface area contributed by atoms with Gasteiger partial charge in [0.05, 0.1) is 0 Å². The molecule has 18 heavy (non-hydrogen) atoms. The van der Waals surface area contributed by atoms with Crippen molar-refractivity contribution in [1.82, 2.24) is 10.2 Å². The Balaban J connectivity index is 2.32. The van der Waals surface area contributed by atoms with E-state index in [0.717, 1.165) is 31.5 Å². The van der Waals surface area contributed by atoms with E-state index in [1.54, 1.807) is 0 Å². The maximum atomic E-state index is 9.09. The van der Waals surface area contributed by atoms with E-state index in [4.69, 9.17) is 5.11 Å². The van der Waals surface area contributed by atoms with Crippen LogP contribution in [0.15, 0.2) is 0 Å². The maximum absolute atomic E-state index is 9.09. The molecule has 1 atom stereocenters. The molecule has 3 heteroatoms. The second-order valence-corrected chi connectivity index (χ2v) is 5.79. The molecule has 3 nitrogen and oxygen atoms in total. The van der Waals surface area contributed by atoms with Gasteiger partial charge in [-0.15, -0.1) is 0 Å². The highest BCUT2D eigenvalue weighted by molar-refractivity contribution is 4.80. The lowest BCUT2D eigenvalue weighted by molar-refractivity contribution is 0.143. The highest BCUT2D eigenvalue weighted by atomic mass is 16.3. The molecule has 0 spiro atoms. The Labute approximate surface area is 113 Å². The van der Waals surface area contributed by atoms with Crippen LogP contribution in [0.5, 0.6) is 0 Å². The third-order valence-electron chi connectivity index (χ3n) is 4.50. The van der Waals surface area contributed by atoms with Gasteiger partial charge >= 0.3 is 0 Å². The van der Waals surface area contributed by atoms with Gasteiger partial charge in [-0.05, 0) is 51.6 Å². The highest BCUT2D eigenvalue weighted by Crippen LogP contribution is 2.28. The van der Waals surface area contributed by atoms with Gasteiger partial charge in [0.2, 0.25) is 0 Å². The second kappa shape index (κ2) is 8.89. The molecule has 1 fully saturated rings. The van der Waals surface area contributed by atoms with Crippen molar-refractivity contribution in [2.45, 2.75) is 64.5 Å². The third-order valence-corrected chi connectivity index (χ3v) is 4.50. The number of nitrogens with zero attached hydrogens (tertiary/aromatic N) is 1. The third kappa shape index (κ3) is 5.25. The molecule has 0 aromatic rings. The molecule has 1 rings (SSSR count). The van der Waals surface area contributed by atoms with Gasteiger partial charge < -0.3 is 15.3 Å². The molecule has 0 heterocycles. The highest BCUT2D eigenvalue weighted by Gasteiger charge is 2.24. The molecule has 0 aliphatic heterocycles. The van der Waals surface area contributed by atoms with Crippen molar-refractivity contribution in [3.8, 4) is 0 Å². The number of rotatable bonds is 8. The number of aliphatic hydroxyl groups is 1. The predicted octanol–water partition coefficient (Wildman–Crippen LogP) is 2.25. The molecule has 2 N–H and O–H groups in total. The molecule has 0 saturated heterocycles. The summed E-state index contributed by atoms with van der Waals surface area (Å²) in [6, 6.07) is 1.20. The Hall–Kier alpha value is -0.120. The van der Waals surface area contributed by atoms with E-state index in [1.165, 1.54) is 32.1 Å². The minimum Gasteiger partial charge on any atom is -0.396 e. The van der Waals surface area contributed by atoms with Gasteiger partial charge in [-0.25, -0.2) is 0 Å². The second-order valence-electron chi connectivity index (χ2n) is 5.79. The van der Waals surface area contributed by atoms with Gasteiger partial charge in [-0.1, -0.05) is 20.3 Å². The summed E-state index contributed by atoms with van der Waals surface area (Å²) in [5, 5.41) is 12.6. The molecule has 1 aliphatic carbocycles. The zero-order chi connectivity index (χ0) is 13.4. The standard InChI is InChI=1S/C15H32N2O/c1-4-13-6-8-15(9-7-13)17(3)12-14(10-11-18)16-5-2/h13-16,18H,4-12H2,1-3H3. The largest absolute Gasteiger partial charge is 0.396 e. The Morgan fingerprint density at radius 1 is 1.22 bits per heavy atom. The average Bonchev–Trinajstić information content (AvgIpc) is 2.39. The van der Waals surface area contributed by atoms with Crippen molar-refractivity contribution in [1.29, 1.82) is 0 Å². The minimum absolute atomic E-state index is 0.286. The summed E-state index contributed by atoms with van der Waals surface area (Å²) >= 11 is 0. The van der Waals surface area contributed by atoms with Crippen molar-refractivity contribution < 1.29 is 5.11 Å². The maximum Gasteiger partial charge on any atom is 0.0446 e. The fraction of sp³-hybridized carbons (Fsp3) is 1.00. The normalized spacial score (nSPS) is 26.5. The van der Waals surface area contributed by atoms with E-state index in [1.807, 2.05) is 0 Å². The number of hydrogen-bond acceptors (Lipinski definition) is 3. The monoisotopic (exact) mass is 256 g/mol. The van der Waals surface area contributed by atoms with Gasteiger partial charge in [0.1, 0.15) is 0 Å². The molecule has 0 aromatic heterocycles. The quantitative estimate of drug-likeness (QED) is 0.699. The first-order valence-corrected chi connectivity index (χ1v) is 7.75. The Bertz CT molecular complexity index is 197. The zero-order valence-electron chi connectivity index (χ0n) is 12.5. The SMILES string of the molecule is CCNC(CCO)CN(C)C1CCC(CC)CC1. The fourth-order valence-corrected chi connectivity index (χ4v) is 3.19. The molecular weight excluding hydrogens is 224 g/mol. The van der Waals surface area contributed by atoms with Crippen LogP contribution >= 0.6 is 0 Å². The molecular formula is C15H32N2O. The molecule has 0 amide bonds. The minimum atomic E-state index is 0.286. The van der Waals surface area contributed by atoms with E-state index in [2.05, 4.69) is 31.1 Å². The van der Waals surface area contributed by atoms with Crippen LogP contribution in [0, 0.1) is 5.92 Å². The zero-order valence-corrected chi connectivity index (χ0v) is 12.5. The predicted molar refractivity (Wildman–Crippen MR) is 77.8 cm³/mol. The molecule has 1 unspecified atom stereocenters. The number of nitrogens with one attached hydrogen (secondary N) is 1. The summed E-state index contributed by atoms with van der Waals surface area (Å²) in [7, 11) is 2.25. The van der Waals surface area contributed by atoms with Gasteiger partial charge in [-0.2, -0.15) is 0 Å². The Morgan fingerprint density at radius 3 is 2.39 bits per heavy atom. The molecule has 0 radical (unpaired) electrons. The van der Waals surface area contributed by atoms with Gasteiger partial charge in [0.15, 0.2) is 0 Å². The van der Waals surface area contributed by atoms with Crippen molar-refractivity contribution in [3.63, 3.8) is 0 Å². The first-order chi connectivity index (χ1) is 8.71. The van der Waals surface area contributed by atoms with Gasteiger partial charge in [0, 0.05) is 25.2 Å². The van der Waals surface area contributed by atoms with Crippen LogP contribution in [-0.4, -0.2) is 48.8 Å². The lowest BCUT2D eigenvalue weighted by Gasteiger charge is -2.36. The van der Waals surface area contributed by atoms with Gasteiger partial charge in [0.25, 0.3) is 0 Å². The van der Waals surface area contributed by atoms with Crippen molar-refractivity contribution >= 4 is 0 Å². The van der Waals surface area contributed by atoms with E-state index < -0.39 is 0 Å². The van der Waals surface area contributed by atoms with Crippen LogP contribution in [-0.2, 0) is 0 Å². The van der Waals surface area contributed by atoms with E-state index in [-0.39, 0.29) is 6.61 Å². The molecule has 0 aromatic carbocycles. The smallest absolute Gasteiger partial charge is 0.0446 e. The molecule has 1 saturated carbocycles. The fourth-order valence-electron chi connectivity index (χ4n) is 3.19. The van der Waals surface area contributed by atoms with E-state index in [0.29, 0.717) is 6.04 Å². The van der Waals surface area contributed by atoms with Crippen molar-refractivity contribution in [3.05, 3.63) is 0 Å². The number of likely N-dealkylation sites (N-methyl/N-ethyl adjacent to an activating group) is 2. The van der Waals surface area contributed by atoms with Crippen LogP contribution in [0.3, 0.4) is 0 Å². The van der Waals surface area contributed by atoms with Crippen molar-refractivity contribution in [2.24, 2.45) is 5.92 Å².